The highest BCUT2D eigenvalue weighted by Gasteiger charge is 2.26. The second-order valence-electron chi connectivity index (χ2n) is 6.97. The Hall–Kier alpha value is -1.32. The lowest BCUT2D eigenvalue weighted by atomic mass is 9.91. The molecule has 3 nitrogen and oxygen atoms in total. The Morgan fingerprint density at radius 2 is 1.91 bits per heavy atom. The van der Waals surface area contributed by atoms with Gasteiger partial charge in [0.2, 0.25) is 0 Å². The Morgan fingerprint density at radius 3 is 2.59 bits per heavy atom. The van der Waals surface area contributed by atoms with Gasteiger partial charge in [-0.05, 0) is 31.0 Å². The molecular weight excluding hydrogens is 298 g/mol. The maximum Gasteiger partial charge on any atom is 0.336 e. The number of nitrogens with one attached hydrogen (secondary N) is 1. The van der Waals surface area contributed by atoms with E-state index in [9.17, 15) is 4.79 Å². The molecule has 1 aromatic carbocycles. The predicted octanol–water partition coefficient (Wildman–Crippen LogP) is 2.82. The molecule has 4 heteroatoms. The zero-order valence-electron chi connectivity index (χ0n) is 13.4. The minimum atomic E-state index is -0.276. The summed E-state index contributed by atoms with van der Waals surface area (Å²) < 4.78 is 5.35. The molecule has 2 heterocycles. The standard InChI is InChI=1S/C18H22ClNO2/c1-11-4-12(2)9-20(8-11)10-14-6-18(21)22-17-5-13(3)16(19)7-15(14)17/h5-7,11-12H,4,8-10H2,1-3H3/p+1/t11-,12-/m0/s1. The van der Waals surface area contributed by atoms with Crippen LogP contribution in [0, 0.1) is 18.8 Å². The predicted molar refractivity (Wildman–Crippen MR) is 89.6 cm³/mol. The van der Waals surface area contributed by atoms with Crippen LogP contribution >= 0.6 is 11.6 Å². The summed E-state index contributed by atoms with van der Waals surface area (Å²) in [5.74, 6) is 1.46. The minimum Gasteiger partial charge on any atom is -0.423 e. The van der Waals surface area contributed by atoms with Crippen LogP contribution in [0.15, 0.2) is 27.4 Å². The monoisotopic (exact) mass is 320 g/mol. The second-order valence-corrected chi connectivity index (χ2v) is 7.38. The van der Waals surface area contributed by atoms with Gasteiger partial charge in [-0.25, -0.2) is 4.79 Å². The summed E-state index contributed by atoms with van der Waals surface area (Å²) in [6.45, 7) is 9.72. The van der Waals surface area contributed by atoms with Gasteiger partial charge in [0.05, 0.1) is 13.1 Å². The van der Waals surface area contributed by atoms with Crippen LogP contribution in [0.4, 0.5) is 0 Å². The molecule has 2 atom stereocenters. The van der Waals surface area contributed by atoms with Crippen molar-refractivity contribution in [3.05, 3.63) is 44.8 Å². The summed E-state index contributed by atoms with van der Waals surface area (Å²) in [5, 5.41) is 1.69. The third-order valence-electron chi connectivity index (χ3n) is 4.63. The summed E-state index contributed by atoms with van der Waals surface area (Å²) in [7, 11) is 0. The van der Waals surface area contributed by atoms with E-state index in [0.29, 0.717) is 5.58 Å². The molecule has 1 aliphatic rings. The van der Waals surface area contributed by atoms with Gasteiger partial charge in [-0.1, -0.05) is 25.4 Å². The molecule has 0 unspecified atom stereocenters. The minimum absolute atomic E-state index is 0.276. The molecule has 1 N–H and O–H groups in total. The zero-order valence-corrected chi connectivity index (χ0v) is 14.2. The fourth-order valence-corrected chi connectivity index (χ4v) is 3.99. The van der Waals surface area contributed by atoms with Crippen LogP contribution in [0.3, 0.4) is 0 Å². The maximum atomic E-state index is 11.9. The molecule has 0 saturated carbocycles. The molecule has 22 heavy (non-hydrogen) atoms. The lowest BCUT2D eigenvalue weighted by molar-refractivity contribution is -0.925. The van der Waals surface area contributed by atoms with Crippen molar-refractivity contribution in [2.45, 2.75) is 33.7 Å². The van der Waals surface area contributed by atoms with Gasteiger partial charge >= 0.3 is 5.63 Å². The molecule has 0 radical (unpaired) electrons. The number of hydrogen-bond acceptors (Lipinski definition) is 2. The first-order chi connectivity index (χ1) is 10.4. The van der Waals surface area contributed by atoms with Crippen LogP contribution in [-0.2, 0) is 6.54 Å². The van der Waals surface area contributed by atoms with E-state index in [4.69, 9.17) is 16.0 Å². The van der Waals surface area contributed by atoms with Crippen molar-refractivity contribution >= 4 is 22.6 Å². The van der Waals surface area contributed by atoms with Gasteiger partial charge in [0.1, 0.15) is 12.1 Å². The van der Waals surface area contributed by atoms with Crippen LogP contribution < -0.4 is 10.5 Å². The molecule has 3 rings (SSSR count). The van der Waals surface area contributed by atoms with Crippen molar-refractivity contribution in [1.29, 1.82) is 0 Å². The summed E-state index contributed by atoms with van der Waals surface area (Å²) in [4.78, 5) is 13.4. The average Bonchev–Trinajstić information content (AvgIpc) is 2.39. The van der Waals surface area contributed by atoms with E-state index in [1.807, 2.05) is 19.1 Å². The SMILES string of the molecule is Cc1cc2oc(=O)cc(C[NH+]3C[C@@H](C)C[C@H](C)C3)c2cc1Cl. The van der Waals surface area contributed by atoms with Crippen molar-refractivity contribution in [3.8, 4) is 0 Å². The lowest BCUT2D eigenvalue weighted by Crippen LogP contribution is -3.13. The maximum absolute atomic E-state index is 11.9. The van der Waals surface area contributed by atoms with Crippen LogP contribution in [0.1, 0.15) is 31.4 Å². The first kappa shape index (κ1) is 15.6. The quantitative estimate of drug-likeness (QED) is 0.864. The van der Waals surface area contributed by atoms with E-state index in [1.165, 1.54) is 11.3 Å². The topological polar surface area (TPSA) is 34.6 Å². The van der Waals surface area contributed by atoms with Gasteiger partial charge in [-0.15, -0.1) is 0 Å². The van der Waals surface area contributed by atoms with E-state index in [1.54, 1.807) is 6.07 Å². The fraction of sp³-hybridized carbons (Fsp3) is 0.500. The summed E-state index contributed by atoms with van der Waals surface area (Å²) in [5.41, 5.74) is 2.34. The van der Waals surface area contributed by atoms with Crippen molar-refractivity contribution in [2.24, 2.45) is 11.8 Å². The van der Waals surface area contributed by atoms with Gasteiger partial charge in [-0.3, -0.25) is 0 Å². The highest BCUT2D eigenvalue weighted by atomic mass is 35.5. The summed E-state index contributed by atoms with van der Waals surface area (Å²) in [6.07, 6.45) is 1.30. The molecule has 0 aliphatic carbocycles. The number of benzene rings is 1. The highest BCUT2D eigenvalue weighted by Crippen LogP contribution is 2.25. The molecule has 1 fully saturated rings. The lowest BCUT2D eigenvalue weighted by Gasteiger charge is -2.32. The largest absolute Gasteiger partial charge is 0.423 e. The van der Waals surface area contributed by atoms with Crippen LogP contribution in [0.5, 0.6) is 0 Å². The number of hydrogen-bond donors (Lipinski definition) is 1. The number of likely N-dealkylation sites (tertiary alicyclic amines) is 1. The van der Waals surface area contributed by atoms with Crippen molar-refractivity contribution in [2.75, 3.05) is 13.1 Å². The third kappa shape index (κ3) is 3.21. The van der Waals surface area contributed by atoms with Crippen molar-refractivity contribution < 1.29 is 9.32 Å². The van der Waals surface area contributed by atoms with Crippen LogP contribution in [0.25, 0.3) is 11.0 Å². The number of rotatable bonds is 2. The number of fused-ring (bicyclic) bond motifs is 1. The summed E-state index contributed by atoms with van der Waals surface area (Å²) in [6, 6.07) is 5.42. The van der Waals surface area contributed by atoms with E-state index < -0.39 is 0 Å². The second kappa shape index (κ2) is 6.05. The number of halogens is 1. The Labute approximate surface area is 135 Å². The Morgan fingerprint density at radius 1 is 1.23 bits per heavy atom. The molecule has 0 bridgehead atoms. The van der Waals surface area contributed by atoms with E-state index in [2.05, 4.69) is 13.8 Å². The normalized spacial score (nSPS) is 25.5. The summed E-state index contributed by atoms with van der Waals surface area (Å²) >= 11 is 6.26. The number of quaternary nitrogens is 1. The molecule has 1 aromatic heterocycles. The van der Waals surface area contributed by atoms with Crippen LogP contribution in [0.2, 0.25) is 5.02 Å². The van der Waals surface area contributed by atoms with Crippen molar-refractivity contribution in [3.63, 3.8) is 0 Å². The van der Waals surface area contributed by atoms with E-state index >= 15 is 0 Å². The zero-order chi connectivity index (χ0) is 15.9. The molecule has 0 spiro atoms. The molecule has 2 aromatic rings. The Kier molecular flexibility index (Phi) is 4.28. The first-order valence-corrected chi connectivity index (χ1v) is 8.36. The van der Waals surface area contributed by atoms with Crippen LogP contribution in [-0.4, -0.2) is 13.1 Å². The molecule has 1 aliphatic heterocycles. The Bertz CT molecular complexity index is 743. The molecule has 118 valence electrons. The van der Waals surface area contributed by atoms with Gasteiger partial charge < -0.3 is 9.32 Å². The fourth-order valence-electron chi connectivity index (χ4n) is 3.83. The first-order valence-electron chi connectivity index (χ1n) is 7.99. The van der Waals surface area contributed by atoms with Gasteiger partial charge in [0.25, 0.3) is 0 Å². The van der Waals surface area contributed by atoms with Gasteiger partial charge in [-0.2, -0.15) is 0 Å². The highest BCUT2D eigenvalue weighted by molar-refractivity contribution is 6.32. The molecular formula is C18H23ClNO2+. The van der Waals surface area contributed by atoms with Crippen molar-refractivity contribution in [1.82, 2.24) is 0 Å². The van der Waals surface area contributed by atoms with E-state index in [0.717, 1.165) is 53.0 Å². The van der Waals surface area contributed by atoms with Gasteiger partial charge in [0, 0.05) is 33.9 Å². The molecule has 1 saturated heterocycles. The number of aryl methyl sites for hydroxylation is 1. The Balaban J connectivity index is 1.99. The average molecular weight is 321 g/mol. The van der Waals surface area contributed by atoms with E-state index in [-0.39, 0.29) is 5.63 Å². The smallest absolute Gasteiger partial charge is 0.336 e. The van der Waals surface area contributed by atoms with Gasteiger partial charge in [0.15, 0.2) is 0 Å². The molecule has 0 amide bonds. The third-order valence-corrected chi connectivity index (χ3v) is 5.04. The number of piperidine rings is 1.